The van der Waals surface area contributed by atoms with Gasteiger partial charge in [-0.15, -0.1) is 0 Å². The van der Waals surface area contributed by atoms with Gasteiger partial charge in [-0.25, -0.2) is 0 Å². The molecule has 0 amide bonds. The van der Waals surface area contributed by atoms with Crippen LogP contribution in [0.3, 0.4) is 0 Å². The van der Waals surface area contributed by atoms with E-state index in [1.165, 1.54) is 10.9 Å². The number of aliphatic imine (C=N–C) groups is 1. The molecular weight excluding hydrogens is 266 g/mol. The predicted octanol–water partition coefficient (Wildman–Crippen LogP) is 1.93. The van der Waals surface area contributed by atoms with Crippen molar-refractivity contribution in [3.05, 3.63) is 35.6 Å². The third-order valence-electron chi connectivity index (χ3n) is 3.87. The molecule has 21 heavy (non-hydrogen) atoms. The van der Waals surface area contributed by atoms with E-state index in [1.54, 1.807) is 0 Å². The maximum atomic E-state index is 6.04. The summed E-state index contributed by atoms with van der Waals surface area (Å²) in [6.07, 6.45) is 0.841. The van der Waals surface area contributed by atoms with Crippen LogP contribution in [0.1, 0.15) is 11.3 Å². The molecular formula is C16H21N3O2. The smallest absolute Gasteiger partial charge is 0.191 e. The van der Waals surface area contributed by atoms with Crippen molar-refractivity contribution in [2.24, 2.45) is 10.7 Å². The maximum Gasteiger partial charge on any atom is 0.191 e. The lowest BCUT2D eigenvalue weighted by Crippen LogP contribution is -2.44. The molecule has 2 aromatic rings. The number of hydrogen-bond donors (Lipinski definition) is 1. The second-order valence-electron chi connectivity index (χ2n) is 5.22. The second kappa shape index (κ2) is 6.18. The minimum atomic E-state index is 0.615. The number of ether oxygens (including phenoxy) is 1. The van der Waals surface area contributed by atoms with Crippen LogP contribution in [0, 0.1) is 6.92 Å². The van der Waals surface area contributed by atoms with Crippen molar-refractivity contribution in [3.63, 3.8) is 0 Å². The fraction of sp³-hybridized carbons (Fsp3) is 0.438. The Kier molecular flexibility index (Phi) is 4.10. The van der Waals surface area contributed by atoms with Gasteiger partial charge in [0.25, 0.3) is 0 Å². The number of morpholine rings is 1. The lowest BCUT2D eigenvalue weighted by molar-refractivity contribution is 0.0674. The van der Waals surface area contributed by atoms with Gasteiger partial charge in [0.05, 0.1) is 13.2 Å². The molecule has 112 valence electrons. The van der Waals surface area contributed by atoms with Crippen molar-refractivity contribution >= 4 is 16.9 Å². The summed E-state index contributed by atoms with van der Waals surface area (Å²) in [4.78, 5) is 6.57. The summed E-state index contributed by atoms with van der Waals surface area (Å²) in [5, 5.41) is 1.18. The van der Waals surface area contributed by atoms with E-state index in [1.807, 2.05) is 25.1 Å². The zero-order chi connectivity index (χ0) is 14.7. The zero-order valence-corrected chi connectivity index (χ0v) is 12.3. The summed E-state index contributed by atoms with van der Waals surface area (Å²) >= 11 is 0. The maximum absolute atomic E-state index is 6.04. The average molecular weight is 287 g/mol. The molecule has 1 fully saturated rings. The number of rotatable bonds is 3. The standard InChI is InChI=1S/C16H21N3O2/c1-12-13(14-4-2-3-5-15(14)21-12)6-7-18-16(17)19-8-10-20-11-9-19/h2-5H,6-11H2,1H3,(H2,17,18). The Bertz CT molecular complexity index is 642. The number of para-hydroxylation sites is 1. The Morgan fingerprint density at radius 1 is 1.29 bits per heavy atom. The van der Waals surface area contributed by atoms with Crippen LogP contribution in [0.2, 0.25) is 0 Å². The Morgan fingerprint density at radius 2 is 2.05 bits per heavy atom. The first kappa shape index (κ1) is 13.9. The van der Waals surface area contributed by atoms with E-state index in [4.69, 9.17) is 14.9 Å². The summed E-state index contributed by atoms with van der Waals surface area (Å²) in [7, 11) is 0. The summed E-state index contributed by atoms with van der Waals surface area (Å²) < 4.78 is 11.1. The molecule has 0 atom stereocenters. The van der Waals surface area contributed by atoms with Crippen LogP contribution in [0.4, 0.5) is 0 Å². The van der Waals surface area contributed by atoms with Gasteiger partial charge < -0.3 is 19.8 Å². The van der Waals surface area contributed by atoms with Gasteiger partial charge >= 0.3 is 0 Å². The summed E-state index contributed by atoms with van der Waals surface area (Å²) in [6, 6.07) is 8.11. The SMILES string of the molecule is Cc1oc2ccccc2c1CCN=C(N)N1CCOCC1. The summed E-state index contributed by atoms with van der Waals surface area (Å²) in [5.74, 6) is 1.58. The lowest BCUT2D eigenvalue weighted by atomic mass is 10.1. The third-order valence-corrected chi connectivity index (χ3v) is 3.87. The quantitative estimate of drug-likeness (QED) is 0.692. The lowest BCUT2D eigenvalue weighted by Gasteiger charge is -2.27. The van der Waals surface area contributed by atoms with Gasteiger partial charge in [-0.3, -0.25) is 4.99 Å². The molecule has 0 spiro atoms. The summed E-state index contributed by atoms with van der Waals surface area (Å²) in [5.41, 5.74) is 8.20. The number of nitrogens with zero attached hydrogens (tertiary/aromatic N) is 2. The van der Waals surface area contributed by atoms with E-state index < -0.39 is 0 Å². The van der Waals surface area contributed by atoms with Crippen LogP contribution in [-0.2, 0) is 11.2 Å². The molecule has 1 aromatic heterocycles. The van der Waals surface area contributed by atoms with Gasteiger partial charge in [0, 0.05) is 30.6 Å². The van der Waals surface area contributed by atoms with Gasteiger partial charge in [0.15, 0.2) is 5.96 Å². The van der Waals surface area contributed by atoms with Crippen LogP contribution in [-0.4, -0.2) is 43.7 Å². The number of guanidine groups is 1. The largest absolute Gasteiger partial charge is 0.461 e. The van der Waals surface area contributed by atoms with Crippen molar-refractivity contribution < 1.29 is 9.15 Å². The highest BCUT2D eigenvalue weighted by Gasteiger charge is 2.13. The number of furan rings is 1. The number of aryl methyl sites for hydroxylation is 1. The average Bonchev–Trinajstić information content (AvgIpc) is 2.84. The molecule has 3 rings (SSSR count). The highest BCUT2D eigenvalue weighted by molar-refractivity contribution is 5.82. The molecule has 0 unspecified atom stereocenters. The third kappa shape index (κ3) is 3.03. The van der Waals surface area contributed by atoms with Gasteiger partial charge in [-0.1, -0.05) is 18.2 Å². The zero-order valence-electron chi connectivity index (χ0n) is 12.3. The van der Waals surface area contributed by atoms with Crippen molar-refractivity contribution in [1.29, 1.82) is 0 Å². The van der Waals surface area contributed by atoms with Crippen LogP contribution in [0.15, 0.2) is 33.7 Å². The molecule has 5 heteroatoms. The van der Waals surface area contributed by atoms with E-state index in [0.717, 1.165) is 44.1 Å². The van der Waals surface area contributed by atoms with E-state index in [0.29, 0.717) is 12.5 Å². The Labute approximate surface area is 124 Å². The number of hydrogen-bond acceptors (Lipinski definition) is 3. The predicted molar refractivity (Wildman–Crippen MR) is 83.5 cm³/mol. The van der Waals surface area contributed by atoms with Crippen molar-refractivity contribution in [2.75, 3.05) is 32.8 Å². The minimum Gasteiger partial charge on any atom is -0.461 e. The van der Waals surface area contributed by atoms with Crippen LogP contribution in [0.5, 0.6) is 0 Å². The molecule has 1 aromatic carbocycles. The minimum absolute atomic E-state index is 0.615. The Balaban J connectivity index is 1.67. The Morgan fingerprint density at radius 3 is 2.86 bits per heavy atom. The number of nitrogens with two attached hydrogens (primary N) is 1. The number of fused-ring (bicyclic) bond motifs is 1. The van der Waals surface area contributed by atoms with Gasteiger partial charge in [0.2, 0.25) is 0 Å². The number of benzene rings is 1. The highest BCUT2D eigenvalue weighted by Crippen LogP contribution is 2.25. The van der Waals surface area contributed by atoms with Crippen LogP contribution < -0.4 is 5.73 Å². The Hall–Kier alpha value is -2.01. The van der Waals surface area contributed by atoms with Gasteiger partial charge in [-0.05, 0) is 19.4 Å². The molecule has 0 saturated carbocycles. The van der Waals surface area contributed by atoms with Crippen molar-refractivity contribution in [1.82, 2.24) is 4.90 Å². The fourth-order valence-electron chi connectivity index (χ4n) is 2.71. The first-order valence-corrected chi connectivity index (χ1v) is 7.35. The van der Waals surface area contributed by atoms with Crippen molar-refractivity contribution in [3.8, 4) is 0 Å². The van der Waals surface area contributed by atoms with Crippen molar-refractivity contribution in [2.45, 2.75) is 13.3 Å². The van der Waals surface area contributed by atoms with Crippen LogP contribution >= 0.6 is 0 Å². The molecule has 0 radical (unpaired) electrons. The first-order valence-electron chi connectivity index (χ1n) is 7.35. The van der Waals surface area contributed by atoms with Gasteiger partial charge in [-0.2, -0.15) is 0 Å². The molecule has 0 bridgehead atoms. The molecule has 5 nitrogen and oxygen atoms in total. The highest BCUT2D eigenvalue weighted by atomic mass is 16.5. The van der Waals surface area contributed by atoms with E-state index in [9.17, 15) is 0 Å². The fourth-order valence-corrected chi connectivity index (χ4v) is 2.71. The molecule has 2 heterocycles. The molecule has 2 N–H and O–H groups in total. The normalized spacial score (nSPS) is 16.6. The summed E-state index contributed by atoms with van der Waals surface area (Å²) in [6.45, 7) is 5.77. The molecule has 1 saturated heterocycles. The topological polar surface area (TPSA) is 64.0 Å². The van der Waals surface area contributed by atoms with E-state index in [2.05, 4.69) is 16.0 Å². The van der Waals surface area contributed by atoms with Crippen LogP contribution in [0.25, 0.3) is 11.0 Å². The van der Waals surface area contributed by atoms with Gasteiger partial charge in [0.1, 0.15) is 11.3 Å². The molecule has 1 aliphatic heterocycles. The molecule has 0 aliphatic carbocycles. The van der Waals surface area contributed by atoms with E-state index >= 15 is 0 Å². The first-order chi connectivity index (χ1) is 10.3. The second-order valence-corrected chi connectivity index (χ2v) is 5.22. The molecule has 1 aliphatic rings. The monoisotopic (exact) mass is 287 g/mol. The van der Waals surface area contributed by atoms with E-state index in [-0.39, 0.29) is 0 Å².